The van der Waals surface area contributed by atoms with Gasteiger partial charge in [-0.15, -0.1) is 0 Å². The molecule has 358 valence electrons. The van der Waals surface area contributed by atoms with Crippen LogP contribution >= 0.6 is 23.2 Å². The van der Waals surface area contributed by atoms with E-state index in [1.807, 2.05) is 25.3 Å². The molecule has 1 aliphatic heterocycles. The molecule has 6 aromatic rings. The molecule has 0 spiro atoms. The highest BCUT2D eigenvalue weighted by molar-refractivity contribution is 6.45. The van der Waals surface area contributed by atoms with Crippen molar-refractivity contribution in [2.45, 2.75) is 90.6 Å². The fraction of sp³-hybridized carbons (Fsp3) is 0.380. The fourth-order valence-corrected chi connectivity index (χ4v) is 9.11. The Morgan fingerprint density at radius 3 is 2.18 bits per heavy atom. The van der Waals surface area contributed by atoms with Crippen molar-refractivity contribution in [3.8, 4) is 39.3 Å². The van der Waals surface area contributed by atoms with Crippen molar-refractivity contribution in [2.24, 2.45) is 0 Å². The van der Waals surface area contributed by atoms with Crippen molar-refractivity contribution in [1.29, 1.82) is 0 Å². The van der Waals surface area contributed by atoms with E-state index in [0.29, 0.717) is 85.5 Å². The van der Waals surface area contributed by atoms with Gasteiger partial charge in [-0.1, -0.05) is 80.4 Å². The van der Waals surface area contributed by atoms with Crippen LogP contribution in [0.4, 0.5) is 5.82 Å². The largest absolute Gasteiger partial charge is 0.508 e. The monoisotopic (exact) mass is 964 g/mol. The van der Waals surface area contributed by atoms with Gasteiger partial charge in [-0.25, -0.2) is 4.98 Å². The van der Waals surface area contributed by atoms with Gasteiger partial charge in [0.25, 0.3) is 5.91 Å². The molecule has 2 aromatic carbocycles. The Hall–Kier alpha value is -6.49. The van der Waals surface area contributed by atoms with Gasteiger partial charge in [0, 0.05) is 109 Å². The number of hydrogen-bond acceptors (Lipinski definition) is 10. The van der Waals surface area contributed by atoms with Crippen molar-refractivity contribution in [2.75, 3.05) is 38.5 Å². The summed E-state index contributed by atoms with van der Waals surface area (Å²) in [6.07, 6.45) is 13.9. The van der Waals surface area contributed by atoms with Gasteiger partial charge in [0.05, 0.1) is 27.8 Å². The number of aromatic amines is 1. The fourth-order valence-electron chi connectivity index (χ4n) is 8.71. The second-order valence-electron chi connectivity index (χ2n) is 16.9. The molecule has 0 atom stereocenters. The number of carbonyl (C=O) groups is 4. The van der Waals surface area contributed by atoms with Crippen molar-refractivity contribution >= 4 is 63.6 Å². The summed E-state index contributed by atoms with van der Waals surface area (Å²) in [5.74, 6) is -0.153. The number of aromatic hydroxyl groups is 1. The SMILES string of the molecule is CCc1c(-c2ccc(C(=O)NCCNC(=O)CCCCCCCCCC(=O)NCCn3ccc(-c4cc(Cl)c(Cl)c5[nH]c6c(c45)CN(C(=O)CO)CC6)n3)nc2)cnc(N)c1-c1ccc(O)cc1. The molecule has 0 unspecified atom stereocenters. The van der Waals surface area contributed by atoms with Gasteiger partial charge in [-0.2, -0.15) is 5.10 Å². The Labute approximate surface area is 405 Å². The first kappa shape index (κ1) is 49.4. The Morgan fingerprint density at radius 1 is 0.824 bits per heavy atom. The summed E-state index contributed by atoms with van der Waals surface area (Å²) < 4.78 is 1.77. The molecule has 0 aliphatic carbocycles. The maximum atomic E-state index is 12.8. The number of carbonyl (C=O) groups excluding carboxylic acids is 4. The number of phenolic OH excluding ortho intramolecular Hbond substituents is 1. The molecule has 16 nitrogen and oxygen atoms in total. The second-order valence-corrected chi connectivity index (χ2v) is 17.7. The van der Waals surface area contributed by atoms with Gasteiger partial charge in [0.1, 0.15) is 23.9 Å². The lowest BCUT2D eigenvalue weighted by Gasteiger charge is -2.26. The standard InChI is InChI=1S/C50H58Cl2N10O6/c1-2-34-36(28-58-49(53)45(34)31-12-15-33(64)16-13-31)32-14-17-41(57-27-32)50(68)56-21-20-54-42(65)10-8-6-4-3-5-7-9-11-43(66)55-22-25-62-24-19-40(60-62)35-26-38(51)47(52)48-46(35)37-29-61(44(67)30-63)23-18-39(37)59-48/h12-17,19,24,26-28,59,63-64H,2-11,18,20-23,25,29-30H2,1H3,(H2,53,58)(H,54,65)(H,55,66)(H,56,68). The number of nitrogens with two attached hydrogens (primary N) is 1. The van der Waals surface area contributed by atoms with E-state index in [1.165, 1.54) is 0 Å². The van der Waals surface area contributed by atoms with E-state index in [4.69, 9.17) is 34.0 Å². The van der Waals surface area contributed by atoms with Gasteiger partial charge in [-0.05, 0) is 60.7 Å². The number of benzene rings is 2. The molecule has 0 saturated heterocycles. The van der Waals surface area contributed by atoms with Crippen molar-refractivity contribution in [3.05, 3.63) is 99.7 Å². The van der Waals surface area contributed by atoms with E-state index in [-0.39, 0.29) is 41.6 Å². The Morgan fingerprint density at radius 2 is 1.50 bits per heavy atom. The zero-order valence-electron chi connectivity index (χ0n) is 38.2. The average Bonchev–Trinajstić information content (AvgIpc) is 3.98. The predicted octanol–water partition coefficient (Wildman–Crippen LogP) is 7.36. The van der Waals surface area contributed by atoms with Crippen LogP contribution in [0.25, 0.3) is 44.4 Å². The minimum absolute atomic E-state index is 0.00161. The smallest absolute Gasteiger partial charge is 0.269 e. The van der Waals surface area contributed by atoms with E-state index in [9.17, 15) is 29.4 Å². The average molecular weight is 966 g/mol. The molecular formula is C50H58Cl2N10O6. The van der Waals surface area contributed by atoms with Crippen LogP contribution in [0.5, 0.6) is 5.75 Å². The lowest BCUT2D eigenvalue weighted by atomic mass is 9.92. The summed E-state index contributed by atoms with van der Waals surface area (Å²) in [4.78, 5) is 63.9. The summed E-state index contributed by atoms with van der Waals surface area (Å²) in [6, 6.07) is 14.0. The summed E-state index contributed by atoms with van der Waals surface area (Å²) >= 11 is 13.2. The number of H-pyrrole nitrogens is 1. The summed E-state index contributed by atoms with van der Waals surface area (Å²) in [5, 5.41) is 34.2. The maximum absolute atomic E-state index is 12.8. The second kappa shape index (κ2) is 23.5. The van der Waals surface area contributed by atoms with Crippen LogP contribution in [0.3, 0.4) is 0 Å². The molecule has 5 heterocycles. The number of hydrogen-bond donors (Lipinski definition) is 7. The quantitative estimate of drug-likeness (QED) is 0.0334. The van der Waals surface area contributed by atoms with Crippen LogP contribution in [0.1, 0.15) is 92.0 Å². The number of aromatic nitrogens is 5. The van der Waals surface area contributed by atoms with E-state index < -0.39 is 6.61 Å². The maximum Gasteiger partial charge on any atom is 0.269 e. The number of nitrogen functional groups attached to an aromatic ring is 1. The molecular weight excluding hydrogens is 908 g/mol. The summed E-state index contributed by atoms with van der Waals surface area (Å²) in [6.45, 7) is 3.83. The number of aliphatic hydroxyl groups is 1. The van der Waals surface area contributed by atoms with E-state index in [2.05, 4.69) is 30.9 Å². The first-order valence-corrected chi connectivity index (χ1v) is 24.0. The van der Waals surface area contributed by atoms with Crippen LogP contribution in [0, 0.1) is 0 Å². The number of rotatable bonds is 22. The molecule has 0 saturated carbocycles. The number of fused-ring (bicyclic) bond motifs is 3. The first-order valence-electron chi connectivity index (χ1n) is 23.2. The van der Waals surface area contributed by atoms with Crippen LogP contribution in [0.2, 0.25) is 10.0 Å². The predicted molar refractivity (Wildman–Crippen MR) is 264 cm³/mol. The number of pyridine rings is 2. The third-order valence-electron chi connectivity index (χ3n) is 12.3. The van der Waals surface area contributed by atoms with E-state index >= 15 is 0 Å². The van der Waals surface area contributed by atoms with Gasteiger partial charge >= 0.3 is 0 Å². The minimum Gasteiger partial charge on any atom is -0.508 e. The van der Waals surface area contributed by atoms with Crippen molar-refractivity contribution in [1.82, 2.24) is 45.6 Å². The number of anilines is 1. The molecule has 68 heavy (non-hydrogen) atoms. The number of nitrogens with one attached hydrogen (secondary N) is 4. The van der Waals surface area contributed by atoms with Gasteiger partial charge in [0.15, 0.2) is 0 Å². The first-order chi connectivity index (χ1) is 32.9. The number of phenols is 1. The number of nitrogens with zero attached hydrogens (tertiary/aromatic N) is 5. The normalized spacial score (nSPS) is 12.3. The van der Waals surface area contributed by atoms with Crippen LogP contribution in [-0.4, -0.2) is 96.3 Å². The van der Waals surface area contributed by atoms with E-state index in [1.54, 1.807) is 58.4 Å². The number of unbranched alkanes of at least 4 members (excludes halogenated alkanes) is 6. The Kier molecular flexibility index (Phi) is 17.1. The topological polar surface area (TPSA) is 233 Å². The summed E-state index contributed by atoms with van der Waals surface area (Å²) in [5.41, 5.74) is 14.9. The third kappa shape index (κ3) is 12.1. The zero-order chi connectivity index (χ0) is 48.2. The molecule has 7 rings (SSSR count). The molecule has 0 fully saturated rings. The lowest BCUT2D eigenvalue weighted by molar-refractivity contribution is -0.135. The Bertz CT molecular complexity index is 2740. The Balaban J connectivity index is 0.729. The highest BCUT2D eigenvalue weighted by Crippen LogP contribution is 2.42. The zero-order valence-corrected chi connectivity index (χ0v) is 39.7. The van der Waals surface area contributed by atoms with Gasteiger partial charge in [-0.3, -0.25) is 28.8 Å². The molecule has 4 amide bonds. The van der Waals surface area contributed by atoms with Gasteiger partial charge < -0.3 is 41.8 Å². The number of amides is 4. The number of aliphatic hydroxyl groups excluding tert-OH is 1. The lowest BCUT2D eigenvalue weighted by Crippen LogP contribution is -2.37. The third-order valence-corrected chi connectivity index (χ3v) is 13.1. The molecule has 8 N–H and O–H groups in total. The van der Waals surface area contributed by atoms with Crippen LogP contribution in [0.15, 0.2) is 67.1 Å². The minimum atomic E-state index is -0.546. The summed E-state index contributed by atoms with van der Waals surface area (Å²) in [7, 11) is 0. The number of halogens is 2. The molecule has 18 heteroatoms. The molecule has 1 aliphatic rings. The van der Waals surface area contributed by atoms with Crippen molar-refractivity contribution in [3.63, 3.8) is 0 Å². The molecule has 0 bridgehead atoms. The van der Waals surface area contributed by atoms with Gasteiger partial charge in [0.2, 0.25) is 17.7 Å². The molecule has 4 aromatic heterocycles. The highest BCUT2D eigenvalue weighted by atomic mass is 35.5. The highest BCUT2D eigenvalue weighted by Gasteiger charge is 2.27. The van der Waals surface area contributed by atoms with Crippen molar-refractivity contribution < 1.29 is 29.4 Å². The van der Waals surface area contributed by atoms with Crippen LogP contribution in [-0.2, 0) is 40.3 Å². The van der Waals surface area contributed by atoms with E-state index in [0.717, 1.165) is 95.0 Å². The molecule has 0 radical (unpaired) electrons. The van der Waals surface area contributed by atoms with Crippen LogP contribution < -0.4 is 21.7 Å².